The quantitative estimate of drug-likeness (QED) is 0.356. The molecule has 0 saturated carbocycles. The summed E-state index contributed by atoms with van der Waals surface area (Å²) >= 11 is 11.8. The second-order valence-electron chi connectivity index (χ2n) is 6.18. The number of hydrogen-bond acceptors (Lipinski definition) is 5. The lowest BCUT2D eigenvalue weighted by molar-refractivity contribution is -0.124. The van der Waals surface area contributed by atoms with Crippen LogP contribution in [0.15, 0.2) is 45.3 Å². The third-order valence-electron chi connectivity index (χ3n) is 3.78. The van der Waals surface area contributed by atoms with E-state index in [9.17, 15) is 9.59 Å². The van der Waals surface area contributed by atoms with Crippen LogP contribution in [0.25, 0.3) is 0 Å². The number of benzene rings is 2. The molecule has 2 amide bonds. The van der Waals surface area contributed by atoms with Gasteiger partial charge in [0.15, 0.2) is 18.3 Å². The van der Waals surface area contributed by atoms with Gasteiger partial charge in [-0.25, -0.2) is 0 Å². The topological polar surface area (TPSA) is 88.7 Å². The number of aryl methyl sites for hydroxylation is 2. The van der Waals surface area contributed by atoms with Gasteiger partial charge in [0.25, 0.3) is 11.8 Å². The van der Waals surface area contributed by atoms with Crippen LogP contribution in [0.5, 0.6) is 11.5 Å². The summed E-state index contributed by atoms with van der Waals surface area (Å²) in [5.74, 6) is 0.166. The third kappa shape index (κ3) is 7.92. The summed E-state index contributed by atoms with van der Waals surface area (Å²) in [5, 5.41) is 2.35. The number of halogens is 2. The van der Waals surface area contributed by atoms with E-state index in [0.29, 0.717) is 11.5 Å². The number of ether oxygens (including phenoxy) is 2. The number of amides is 2. The van der Waals surface area contributed by atoms with Crippen molar-refractivity contribution >= 4 is 61.0 Å². The first-order valence-corrected chi connectivity index (χ1v) is 11.0. The smallest absolute Gasteiger partial charge is 0.276 e. The molecule has 0 spiro atoms. The van der Waals surface area contributed by atoms with E-state index in [2.05, 4.69) is 55.0 Å². The van der Waals surface area contributed by atoms with E-state index in [0.717, 1.165) is 26.5 Å². The Morgan fingerprint density at radius 1 is 0.933 bits per heavy atom. The van der Waals surface area contributed by atoms with Gasteiger partial charge in [0, 0.05) is 0 Å². The lowest BCUT2D eigenvalue weighted by atomic mass is 10.2. The monoisotopic (exact) mass is 557 g/mol. The average Bonchev–Trinajstić information content (AvgIpc) is 2.70. The van der Waals surface area contributed by atoms with Gasteiger partial charge < -0.3 is 9.47 Å². The van der Waals surface area contributed by atoms with Gasteiger partial charge in [-0.05, 0) is 92.8 Å². The molecule has 2 aromatic carbocycles. The van der Waals surface area contributed by atoms with Crippen molar-refractivity contribution in [3.63, 3.8) is 0 Å². The van der Waals surface area contributed by atoms with Crippen LogP contribution in [0.4, 0.5) is 0 Å². The summed E-state index contributed by atoms with van der Waals surface area (Å²) in [6, 6.07) is 11.2. The molecule has 0 saturated heterocycles. The summed E-state index contributed by atoms with van der Waals surface area (Å²) < 4.78 is 12.4. The SMILES string of the molecule is CCc1ccc(OCC(=O)NC(=S)NNC(=O)COc2ccc(C)cc2Br)c(Br)c1. The van der Waals surface area contributed by atoms with Crippen molar-refractivity contribution in [2.24, 2.45) is 0 Å². The number of rotatable bonds is 7. The molecule has 0 unspecified atom stereocenters. The molecule has 0 aromatic heterocycles. The Balaban J connectivity index is 1.69. The number of thiocarbonyl (C=S) groups is 1. The summed E-state index contributed by atoms with van der Waals surface area (Å²) in [4.78, 5) is 23.8. The van der Waals surface area contributed by atoms with Crippen LogP contribution in [-0.4, -0.2) is 30.1 Å². The normalized spacial score (nSPS) is 10.1. The summed E-state index contributed by atoms with van der Waals surface area (Å²) in [6.45, 7) is 3.54. The molecular formula is C20H21Br2N3O4S. The van der Waals surface area contributed by atoms with Gasteiger partial charge in [0.2, 0.25) is 0 Å². The standard InChI is InChI=1S/C20H21Br2N3O4S/c1-3-13-5-7-17(15(22)9-13)28-10-18(26)23-20(30)25-24-19(27)11-29-16-6-4-12(2)8-14(16)21/h4-9H,3,10-11H2,1-2H3,(H,24,27)(H2,23,25,26,30). The van der Waals surface area contributed by atoms with Gasteiger partial charge in [0.1, 0.15) is 11.5 Å². The minimum absolute atomic E-state index is 0.0612. The van der Waals surface area contributed by atoms with E-state index in [1.165, 1.54) is 0 Å². The average molecular weight is 559 g/mol. The van der Waals surface area contributed by atoms with Crippen LogP contribution in [-0.2, 0) is 16.0 Å². The third-order valence-corrected chi connectivity index (χ3v) is 5.22. The number of carbonyl (C=O) groups excluding carboxylic acids is 2. The maximum atomic E-state index is 12.0. The molecule has 0 aliphatic carbocycles. The summed E-state index contributed by atoms with van der Waals surface area (Å²) in [7, 11) is 0. The first-order valence-electron chi connectivity index (χ1n) is 8.97. The molecule has 7 nitrogen and oxygen atoms in total. The highest BCUT2D eigenvalue weighted by Gasteiger charge is 2.10. The van der Waals surface area contributed by atoms with Crippen LogP contribution in [0.1, 0.15) is 18.1 Å². The molecule has 2 rings (SSSR count). The van der Waals surface area contributed by atoms with E-state index in [-0.39, 0.29) is 18.3 Å². The molecule has 0 radical (unpaired) electrons. The Morgan fingerprint density at radius 2 is 1.53 bits per heavy atom. The van der Waals surface area contributed by atoms with E-state index in [4.69, 9.17) is 21.7 Å². The van der Waals surface area contributed by atoms with Crippen LogP contribution in [0, 0.1) is 6.92 Å². The molecular weight excluding hydrogens is 538 g/mol. The molecule has 0 aliphatic rings. The second-order valence-corrected chi connectivity index (χ2v) is 8.30. The zero-order chi connectivity index (χ0) is 22.1. The fourth-order valence-electron chi connectivity index (χ4n) is 2.25. The molecule has 0 aliphatic heterocycles. The van der Waals surface area contributed by atoms with Crippen molar-refractivity contribution in [2.45, 2.75) is 20.3 Å². The molecule has 2 aromatic rings. The Labute approximate surface area is 197 Å². The van der Waals surface area contributed by atoms with Gasteiger partial charge in [-0.1, -0.05) is 19.1 Å². The molecule has 0 bridgehead atoms. The van der Waals surface area contributed by atoms with Crippen LogP contribution < -0.4 is 25.6 Å². The Hall–Kier alpha value is -2.17. The first kappa shape index (κ1) is 24.1. The van der Waals surface area contributed by atoms with E-state index in [1.807, 2.05) is 31.2 Å². The number of nitrogens with one attached hydrogen (secondary N) is 3. The highest BCUT2D eigenvalue weighted by Crippen LogP contribution is 2.26. The van der Waals surface area contributed by atoms with Crippen LogP contribution in [0.3, 0.4) is 0 Å². The number of hydrogen-bond donors (Lipinski definition) is 3. The Bertz CT molecular complexity index is 940. The van der Waals surface area contributed by atoms with Crippen molar-refractivity contribution < 1.29 is 19.1 Å². The predicted octanol–water partition coefficient (Wildman–Crippen LogP) is 3.56. The van der Waals surface area contributed by atoms with Crippen molar-refractivity contribution in [2.75, 3.05) is 13.2 Å². The number of carbonyl (C=O) groups is 2. The number of hydrazine groups is 1. The molecule has 0 fully saturated rings. The van der Waals surface area contributed by atoms with Crippen molar-refractivity contribution in [3.05, 3.63) is 56.5 Å². The zero-order valence-electron chi connectivity index (χ0n) is 16.4. The molecule has 10 heteroatoms. The lowest BCUT2D eigenvalue weighted by Gasteiger charge is -2.13. The highest BCUT2D eigenvalue weighted by molar-refractivity contribution is 9.10. The maximum absolute atomic E-state index is 12.0. The van der Waals surface area contributed by atoms with Crippen molar-refractivity contribution in [1.82, 2.24) is 16.2 Å². The second kappa shape index (κ2) is 11.9. The first-order chi connectivity index (χ1) is 14.3. The van der Waals surface area contributed by atoms with E-state index >= 15 is 0 Å². The Kier molecular flexibility index (Phi) is 9.54. The van der Waals surface area contributed by atoms with Crippen molar-refractivity contribution in [1.29, 1.82) is 0 Å². The van der Waals surface area contributed by atoms with Crippen LogP contribution in [0.2, 0.25) is 0 Å². The van der Waals surface area contributed by atoms with E-state index < -0.39 is 11.8 Å². The van der Waals surface area contributed by atoms with E-state index in [1.54, 1.807) is 12.1 Å². The minimum atomic E-state index is -0.465. The molecule has 0 atom stereocenters. The molecule has 3 N–H and O–H groups in total. The highest BCUT2D eigenvalue weighted by atomic mass is 79.9. The largest absolute Gasteiger partial charge is 0.483 e. The maximum Gasteiger partial charge on any atom is 0.276 e. The van der Waals surface area contributed by atoms with Crippen LogP contribution >= 0.6 is 44.1 Å². The summed E-state index contributed by atoms with van der Waals surface area (Å²) in [5.41, 5.74) is 7.01. The fraction of sp³-hybridized carbons (Fsp3) is 0.250. The van der Waals surface area contributed by atoms with Gasteiger partial charge in [-0.2, -0.15) is 0 Å². The van der Waals surface area contributed by atoms with Gasteiger partial charge in [-0.3, -0.25) is 25.8 Å². The molecule has 30 heavy (non-hydrogen) atoms. The Morgan fingerprint density at radius 3 is 2.13 bits per heavy atom. The van der Waals surface area contributed by atoms with Gasteiger partial charge in [0.05, 0.1) is 8.95 Å². The minimum Gasteiger partial charge on any atom is -0.483 e. The predicted molar refractivity (Wildman–Crippen MR) is 125 cm³/mol. The lowest BCUT2D eigenvalue weighted by Crippen LogP contribution is -2.50. The van der Waals surface area contributed by atoms with Gasteiger partial charge in [-0.15, -0.1) is 0 Å². The van der Waals surface area contributed by atoms with Crippen molar-refractivity contribution in [3.8, 4) is 11.5 Å². The van der Waals surface area contributed by atoms with Gasteiger partial charge >= 0.3 is 0 Å². The fourth-order valence-corrected chi connectivity index (χ4v) is 3.56. The summed E-state index contributed by atoms with van der Waals surface area (Å²) in [6.07, 6.45) is 0.901. The molecule has 160 valence electrons. The zero-order valence-corrected chi connectivity index (χ0v) is 20.4. The molecule has 0 heterocycles.